The second-order valence-electron chi connectivity index (χ2n) is 5.71. The fourth-order valence-corrected chi connectivity index (χ4v) is 2.28. The summed E-state index contributed by atoms with van der Waals surface area (Å²) in [6.07, 6.45) is 4.66. The third kappa shape index (κ3) is 5.40. The van der Waals surface area contributed by atoms with E-state index in [9.17, 15) is 4.79 Å². The molecule has 1 aromatic heterocycles. The molecule has 0 aliphatic rings. The van der Waals surface area contributed by atoms with Crippen LogP contribution >= 0.6 is 0 Å². The minimum Gasteiger partial charge on any atom is -0.489 e. The van der Waals surface area contributed by atoms with Crippen molar-refractivity contribution in [3.8, 4) is 5.75 Å². The number of carbonyl (C=O) groups excluding carboxylic acids is 1. The molecular weight excluding hydrogens is 340 g/mol. The molecule has 1 amide bonds. The predicted octanol–water partition coefficient (Wildman–Crippen LogP) is 3.91. The number of hydrogen-bond acceptors (Lipinski definition) is 5. The molecule has 3 rings (SSSR count). The van der Waals surface area contributed by atoms with Gasteiger partial charge in [0.1, 0.15) is 23.9 Å². The normalized spacial score (nSPS) is 10.1. The van der Waals surface area contributed by atoms with Gasteiger partial charge in [-0.15, -0.1) is 6.58 Å². The van der Waals surface area contributed by atoms with Crippen LogP contribution in [0.5, 0.6) is 5.75 Å². The van der Waals surface area contributed by atoms with Gasteiger partial charge in [-0.25, -0.2) is 9.97 Å². The highest BCUT2D eigenvalue weighted by molar-refractivity contribution is 6.02. The van der Waals surface area contributed by atoms with E-state index in [-0.39, 0.29) is 11.6 Å². The molecule has 0 aliphatic carbocycles. The molecule has 0 radical (unpaired) electrons. The van der Waals surface area contributed by atoms with Gasteiger partial charge in [-0.3, -0.25) is 4.79 Å². The van der Waals surface area contributed by atoms with Crippen LogP contribution in [0.2, 0.25) is 0 Å². The molecule has 2 N–H and O–H groups in total. The van der Waals surface area contributed by atoms with E-state index in [1.807, 2.05) is 42.5 Å². The van der Waals surface area contributed by atoms with Gasteiger partial charge in [0.15, 0.2) is 0 Å². The van der Waals surface area contributed by atoms with Crippen molar-refractivity contribution in [2.75, 3.05) is 17.2 Å². The second-order valence-corrected chi connectivity index (χ2v) is 5.71. The molecule has 0 atom stereocenters. The van der Waals surface area contributed by atoms with Crippen LogP contribution in [0.15, 0.2) is 79.6 Å². The summed E-state index contributed by atoms with van der Waals surface area (Å²) < 4.78 is 5.73. The zero-order valence-electron chi connectivity index (χ0n) is 14.8. The summed E-state index contributed by atoms with van der Waals surface area (Å²) in [4.78, 5) is 20.5. The lowest BCUT2D eigenvalue weighted by Gasteiger charge is -2.08. The fourth-order valence-electron chi connectivity index (χ4n) is 2.28. The average molecular weight is 360 g/mol. The van der Waals surface area contributed by atoms with E-state index in [0.717, 1.165) is 11.3 Å². The van der Waals surface area contributed by atoms with Gasteiger partial charge in [-0.05, 0) is 29.8 Å². The highest BCUT2D eigenvalue weighted by Crippen LogP contribution is 2.17. The number of anilines is 2. The summed E-state index contributed by atoms with van der Waals surface area (Å²) in [7, 11) is 0. The van der Waals surface area contributed by atoms with Gasteiger partial charge in [0.05, 0.1) is 12.4 Å². The Kier molecular flexibility index (Phi) is 6.14. The number of benzene rings is 2. The first-order chi connectivity index (χ1) is 13.2. The Morgan fingerprint density at radius 1 is 1.04 bits per heavy atom. The van der Waals surface area contributed by atoms with Gasteiger partial charge in [0.2, 0.25) is 0 Å². The highest BCUT2D eigenvalue weighted by Gasteiger charge is 2.08. The number of aromatic nitrogens is 2. The quantitative estimate of drug-likeness (QED) is 0.596. The van der Waals surface area contributed by atoms with Crippen LogP contribution < -0.4 is 15.4 Å². The third-order valence-electron chi connectivity index (χ3n) is 3.67. The summed E-state index contributed by atoms with van der Waals surface area (Å²) in [6.45, 7) is 4.69. The highest BCUT2D eigenvalue weighted by atomic mass is 16.5. The van der Waals surface area contributed by atoms with Crippen molar-refractivity contribution in [1.29, 1.82) is 0 Å². The van der Waals surface area contributed by atoms with Crippen molar-refractivity contribution < 1.29 is 9.53 Å². The molecule has 2 aromatic carbocycles. The van der Waals surface area contributed by atoms with Gasteiger partial charge in [-0.1, -0.05) is 36.4 Å². The molecule has 0 fully saturated rings. The lowest BCUT2D eigenvalue weighted by Crippen LogP contribution is -2.14. The molecule has 136 valence electrons. The Morgan fingerprint density at radius 3 is 2.48 bits per heavy atom. The second kappa shape index (κ2) is 9.15. The number of rotatable bonds is 8. The van der Waals surface area contributed by atoms with Gasteiger partial charge in [-0.2, -0.15) is 0 Å². The SMILES string of the molecule is C=CCNc1cnc(C(=O)Nc2ccc(OCc3ccccc3)cc2)cn1. The Bertz CT molecular complexity index is 878. The molecule has 0 spiro atoms. The minimum absolute atomic E-state index is 0.239. The smallest absolute Gasteiger partial charge is 0.275 e. The molecule has 0 unspecified atom stereocenters. The number of nitrogens with one attached hydrogen (secondary N) is 2. The van der Waals surface area contributed by atoms with Crippen molar-refractivity contribution in [2.45, 2.75) is 6.61 Å². The molecule has 0 saturated heterocycles. The van der Waals surface area contributed by atoms with Crippen molar-refractivity contribution in [1.82, 2.24) is 9.97 Å². The summed E-state index contributed by atoms with van der Waals surface area (Å²) in [6, 6.07) is 17.1. The predicted molar refractivity (Wildman–Crippen MR) is 106 cm³/mol. The number of hydrogen-bond donors (Lipinski definition) is 2. The van der Waals surface area contributed by atoms with E-state index in [1.165, 1.54) is 12.4 Å². The zero-order valence-corrected chi connectivity index (χ0v) is 14.8. The molecule has 0 bridgehead atoms. The summed E-state index contributed by atoms with van der Waals surface area (Å²) >= 11 is 0. The Morgan fingerprint density at radius 2 is 1.81 bits per heavy atom. The lowest BCUT2D eigenvalue weighted by molar-refractivity contribution is 0.102. The number of nitrogens with zero attached hydrogens (tertiary/aromatic N) is 2. The van der Waals surface area contributed by atoms with Crippen molar-refractivity contribution in [3.05, 3.63) is 90.9 Å². The Labute approximate surface area is 157 Å². The van der Waals surface area contributed by atoms with Gasteiger partial charge in [0.25, 0.3) is 5.91 Å². The van der Waals surface area contributed by atoms with Crippen LogP contribution in [-0.2, 0) is 6.61 Å². The van der Waals surface area contributed by atoms with E-state index < -0.39 is 0 Å². The maximum absolute atomic E-state index is 12.3. The molecule has 0 aliphatic heterocycles. The average Bonchev–Trinajstić information content (AvgIpc) is 2.73. The molecule has 1 heterocycles. The van der Waals surface area contributed by atoms with Gasteiger partial charge >= 0.3 is 0 Å². The van der Waals surface area contributed by atoms with Crippen LogP contribution in [0, 0.1) is 0 Å². The summed E-state index contributed by atoms with van der Waals surface area (Å²) in [5.41, 5.74) is 1.99. The zero-order chi connectivity index (χ0) is 18.9. The van der Waals surface area contributed by atoms with Crippen LogP contribution in [0.1, 0.15) is 16.1 Å². The van der Waals surface area contributed by atoms with Crippen molar-refractivity contribution in [2.24, 2.45) is 0 Å². The van der Waals surface area contributed by atoms with Crippen LogP contribution in [0.3, 0.4) is 0 Å². The monoisotopic (exact) mass is 360 g/mol. The number of amides is 1. The summed E-state index contributed by atoms with van der Waals surface area (Å²) in [5, 5.41) is 5.79. The van der Waals surface area contributed by atoms with E-state index in [2.05, 4.69) is 27.2 Å². The first-order valence-electron chi connectivity index (χ1n) is 8.49. The Balaban J connectivity index is 1.54. The Hall–Kier alpha value is -3.67. The van der Waals surface area contributed by atoms with Crippen LogP contribution in [0.4, 0.5) is 11.5 Å². The fraction of sp³-hybridized carbons (Fsp3) is 0.0952. The first kappa shape index (κ1) is 18.1. The van der Waals surface area contributed by atoms with Gasteiger partial charge in [0, 0.05) is 12.2 Å². The van der Waals surface area contributed by atoms with E-state index in [1.54, 1.807) is 18.2 Å². The third-order valence-corrected chi connectivity index (χ3v) is 3.67. The van der Waals surface area contributed by atoms with E-state index in [4.69, 9.17) is 4.74 Å². The largest absolute Gasteiger partial charge is 0.489 e. The van der Waals surface area contributed by atoms with Gasteiger partial charge < -0.3 is 15.4 Å². The molecule has 6 nitrogen and oxygen atoms in total. The van der Waals surface area contributed by atoms with Crippen LogP contribution in [0.25, 0.3) is 0 Å². The number of carbonyl (C=O) groups is 1. The van der Waals surface area contributed by atoms with E-state index >= 15 is 0 Å². The van der Waals surface area contributed by atoms with Crippen molar-refractivity contribution >= 4 is 17.4 Å². The molecule has 6 heteroatoms. The first-order valence-corrected chi connectivity index (χ1v) is 8.49. The lowest BCUT2D eigenvalue weighted by atomic mass is 10.2. The topological polar surface area (TPSA) is 76.1 Å². The minimum atomic E-state index is -0.323. The molecule has 3 aromatic rings. The van der Waals surface area contributed by atoms with E-state index in [0.29, 0.717) is 24.7 Å². The number of ether oxygens (including phenoxy) is 1. The maximum atomic E-state index is 12.3. The maximum Gasteiger partial charge on any atom is 0.275 e. The molecule has 27 heavy (non-hydrogen) atoms. The molecule has 0 saturated carbocycles. The summed E-state index contributed by atoms with van der Waals surface area (Å²) in [5.74, 6) is 0.997. The molecular formula is C21H20N4O2. The van der Waals surface area contributed by atoms with Crippen molar-refractivity contribution in [3.63, 3.8) is 0 Å². The standard InChI is InChI=1S/C21H20N4O2/c1-2-12-22-20-14-23-19(13-24-20)21(26)25-17-8-10-18(11-9-17)27-15-16-6-4-3-5-7-16/h2-11,13-14H,1,12,15H2,(H,22,24)(H,25,26). The van der Waals surface area contributed by atoms with Crippen LogP contribution in [-0.4, -0.2) is 22.4 Å².